The third kappa shape index (κ3) is 4.82. The van der Waals surface area contributed by atoms with E-state index >= 15 is 0 Å². The first-order valence-corrected chi connectivity index (χ1v) is 8.46. The molecule has 1 fully saturated rings. The Labute approximate surface area is 135 Å². The van der Waals surface area contributed by atoms with Gasteiger partial charge in [0.05, 0.1) is 5.92 Å². The molecule has 0 saturated heterocycles. The van der Waals surface area contributed by atoms with E-state index in [2.05, 4.69) is 53.3 Å². The van der Waals surface area contributed by atoms with Gasteiger partial charge in [0.15, 0.2) is 0 Å². The number of aliphatic carboxylic acids is 1. The fourth-order valence-corrected chi connectivity index (χ4v) is 3.38. The number of carboxylic acid groups (broad SMARTS) is 1. The summed E-state index contributed by atoms with van der Waals surface area (Å²) in [7, 11) is 0. The second kappa shape index (κ2) is 7.41. The van der Waals surface area contributed by atoms with Crippen molar-refractivity contribution in [1.82, 2.24) is 5.32 Å². The fourth-order valence-electron chi connectivity index (χ4n) is 2.97. The van der Waals surface area contributed by atoms with E-state index in [0.717, 1.165) is 23.7 Å². The summed E-state index contributed by atoms with van der Waals surface area (Å²) in [4.78, 5) is 11.2. The van der Waals surface area contributed by atoms with Crippen LogP contribution >= 0.6 is 15.9 Å². The van der Waals surface area contributed by atoms with Crippen molar-refractivity contribution in [2.45, 2.75) is 45.1 Å². The molecule has 0 heterocycles. The number of hydrogen-bond donors (Lipinski definition) is 2. The van der Waals surface area contributed by atoms with Gasteiger partial charge in [0.25, 0.3) is 0 Å². The number of carbonyl (C=O) groups is 1. The molecular weight excluding hydrogens is 330 g/mol. The minimum Gasteiger partial charge on any atom is -0.481 e. The van der Waals surface area contributed by atoms with Gasteiger partial charge in [0.2, 0.25) is 0 Å². The molecule has 0 amide bonds. The summed E-state index contributed by atoms with van der Waals surface area (Å²) in [5.74, 6) is 0.0751. The molecule has 0 bridgehead atoms. The minimum atomic E-state index is -0.681. The summed E-state index contributed by atoms with van der Waals surface area (Å²) in [6, 6.07) is 8.93. The maximum atomic E-state index is 11.2. The number of hydrogen-bond acceptors (Lipinski definition) is 2. The molecule has 0 spiro atoms. The minimum absolute atomic E-state index is 0.269. The molecule has 1 saturated carbocycles. The van der Waals surface area contributed by atoms with Crippen LogP contribution in [0.1, 0.15) is 44.6 Å². The van der Waals surface area contributed by atoms with Gasteiger partial charge in [-0.3, -0.25) is 4.79 Å². The number of rotatable bonds is 7. The van der Waals surface area contributed by atoms with Crippen LogP contribution in [0.25, 0.3) is 0 Å². The molecule has 4 heteroatoms. The van der Waals surface area contributed by atoms with Gasteiger partial charge in [-0.05, 0) is 48.8 Å². The lowest BCUT2D eigenvalue weighted by molar-refractivity contribution is -0.142. The highest BCUT2D eigenvalue weighted by Crippen LogP contribution is 2.37. The van der Waals surface area contributed by atoms with Crippen molar-refractivity contribution in [2.24, 2.45) is 11.8 Å². The van der Waals surface area contributed by atoms with Gasteiger partial charge in [-0.25, -0.2) is 0 Å². The molecule has 1 aliphatic rings. The van der Waals surface area contributed by atoms with E-state index < -0.39 is 5.97 Å². The summed E-state index contributed by atoms with van der Waals surface area (Å²) in [6.07, 6.45) is 2.94. The lowest BCUT2D eigenvalue weighted by Crippen LogP contribution is -2.43. The molecule has 2 rings (SSSR count). The van der Waals surface area contributed by atoms with Gasteiger partial charge in [-0.1, -0.05) is 41.9 Å². The second-order valence-electron chi connectivity index (χ2n) is 6.49. The Hall–Kier alpha value is -0.870. The maximum Gasteiger partial charge on any atom is 0.307 e. The topological polar surface area (TPSA) is 49.3 Å². The van der Waals surface area contributed by atoms with Gasteiger partial charge in [-0.2, -0.15) is 0 Å². The van der Waals surface area contributed by atoms with Crippen LogP contribution in [0, 0.1) is 11.8 Å². The highest BCUT2D eigenvalue weighted by atomic mass is 79.9. The number of nitrogens with one attached hydrogen (secondary N) is 1. The summed E-state index contributed by atoms with van der Waals surface area (Å²) in [5.41, 5.74) is 1.37. The van der Waals surface area contributed by atoms with E-state index in [9.17, 15) is 9.90 Å². The van der Waals surface area contributed by atoms with E-state index in [1.54, 1.807) is 0 Å². The predicted octanol–water partition coefficient (Wildman–Crippen LogP) is 4.03. The SMILES string of the molecule is CC(C)CC(CNC1CC(c2cccc(Br)c2)C1)C(=O)O. The maximum absolute atomic E-state index is 11.2. The first-order valence-electron chi connectivity index (χ1n) is 7.67. The summed E-state index contributed by atoms with van der Waals surface area (Å²) in [5, 5.41) is 12.7. The molecular formula is C17H24BrNO2. The lowest BCUT2D eigenvalue weighted by Gasteiger charge is -2.37. The first kappa shape index (κ1) is 16.5. The Morgan fingerprint density at radius 2 is 2.14 bits per heavy atom. The average molecular weight is 354 g/mol. The molecule has 116 valence electrons. The Balaban J connectivity index is 1.76. The number of benzene rings is 1. The Morgan fingerprint density at radius 3 is 2.71 bits per heavy atom. The Morgan fingerprint density at radius 1 is 1.43 bits per heavy atom. The van der Waals surface area contributed by atoms with E-state index in [0.29, 0.717) is 24.4 Å². The molecule has 1 aromatic carbocycles. The largest absolute Gasteiger partial charge is 0.481 e. The highest BCUT2D eigenvalue weighted by Gasteiger charge is 2.31. The standard InChI is InChI=1S/C17H24BrNO2/c1-11(2)6-14(17(20)21)10-19-16-8-13(9-16)12-4-3-5-15(18)7-12/h3-5,7,11,13-14,16,19H,6,8-10H2,1-2H3,(H,20,21). The van der Waals surface area contributed by atoms with Crippen LogP contribution in [-0.4, -0.2) is 23.7 Å². The van der Waals surface area contributed by atoms with Gasteiger partial charge in [0.1, 0.15) is 0 Å². The molecule has 1 aromatic rings. The first-order chi connectivity index (χ1) is 9.95. The monoisotopic (exact) mass is 353 g/mol. The molecule has 0 aromatic heterocycles. The van der Waals surface area contributed by atoms with Crippen LogP contribution < -0.4 is 5.32 Å². The van der Waals surface area contributed by atoms with Gasteiger partial charge in [-0.15, -0.1) is 0 Å². The average Bonchev–Trinajstić information content (AvgIpc) is 2.34. The predicted molar refractivity (Wildman–Crippen MR) is 88.5 cm³/mol. The molecule has 3 nitrogen and oxygen atoms in total. The van der Waals surface area contributed by atoms with Crippen molar-refractivity contribution < 1.29 is 9.90 Å². The number of halogens is 1. The van der Waals surface area contributed by atoms with E-state index in [-0.39, 0.29) is 5.92 Å². The summed E-state index contributed by atoms with van der Waals surface area (Å²) < 4.78 is 1.12. The zero-order chi connectivity index (χ0) is 15.4. The van der Waals surface area contributed by atoms with Crippen LogP contribution in [-0.2, 0) is 4.79 Å². The zero-order valence-corrected chi connectivity index (χ0v) is 14.3. The van der Waals surface area contributed by atoms with Gasteiger partial charge >= 0.3 is 5.97 Å². The van der Waals surface area contributed by atoms with Gasteiger partial charge in [0, 0.05) is 17.1 Å². The third-order valence-electron chi connectivity index (χ3n) is 4.22. The van der Waals surface area contributed by atoms with Crippen LogP contribution in [0.5, 0.6) is 0 Å². The van der Waals surface area contributed by atoms with Crippen LogP contribution in [0.3, 0.4) is 0 Å². The van der Waals surface area contributed by atoms with E-state index in [4.69, 9.17) is 0 Å². The third-order valence-corrected chi connectivity index (χ3v) is 4.71. The van der Waals surface area contributed by atoms with Crippen molar-refractivity contribution in [2.75, 3.05) is 6.54 Å². The van der Waals surface area contributed by atoms with E-state index in [1.165, 1.54) is 5.56 Å². The zero-order valence-electron chi connectivity index (χ0n) is 12.7. The highest BCUT2D eigenvalue weighted by molar-refractivity contribution is 9.10. The molecule has 1 atom stereocenters. The van der Waals surface area contributed by atoms with Crippen molar-refractivity contribution in [3.05, 3.63) is 34.3 Å². The lowest BCUT2D eigenvalue weighted by atomic mass is 9.75. The van der Waals surface area contributed by atoms with Crippen molar-refractivity contribution in [1.29, 1.82) is 0 Å². The van der Waals surface area contributed by atoms with Crippen molar-refractivity contribution in [3.8, 4) is 0 Å². The van der Waals surface area contributed by atoms with Crippen LogP contribution in [0.4, 0.5) is 0 Å². The Bertz CT molecular complexity index is 483. The summed E-state index contributed by atoms with van der Waals surface area (Å²) >= 11 is 3.51. The molecule has 0 radical (unpaired) electrons. The molecule has 2 N–H and O–H groups in total. The number of carboxylic acids is 1. The van der Waals surface area contributed by atoms with Crippen molar-refractivity contribution in [3.63, 3.8) is 0 Å². The fraction of sp³-hybridized carbons (Fsp3) is 0.588. The smallest absolute Gasteiger partial charge is 0.307 e. The normalized spacial score (nSPS) is 22.9. The molecule has 1 unspecified atom stereocenters. The quantitative estimate of drug-likeness (QED) is 0.777. The Kier molecular flexibility index (Phi) is 5.82. The van der Waals surface area contributed by atoms with Crippen LogP contribution in [0.15, 0.2) is 28.7 Å². The van der Waals surface area contributed by atoms with Crippen LogP contribution in [0.2, 0.25) is 0 Å². The molecule has 1 aliphatic carbocycles. The van der Waals surface area contributed by atoms with E-state index in [1.807, 2.05) is 6.07 Å². The summed E-state index contributed by atoms with van der Waals surface area (Å²) in [6.45, 7) is 4.73. The van der Waals surface area contributed by atoms with Crippen molar-refractivity contribution >= 4 is 21.9 Å². The molecule has 0 aliphatic heterocycles. The second-order valence-corrected chi connectivity index (χ2v) is 7.41. The molecule has 21 heavy (non-hydrogen) atoms. The van der Waals surface area contributed by atoms with Gasteiger partial charge < -0.3 is 10.4 Å².